The van der Waals surface area contributed by atoms with Crippen molar-refractivity contribution in [1.29, 1.82) is 0 Å². The highest BCUT2D eigenvalue weighted by molar-refractivity contribution is 5.94. The molecule has 1 aromatic heterocycles. The molecule has 0 spiro atoms. The Morgan fingerprint density at radius 1 is 1.44 bits per heavy atom. The molecule has 4 nitrogen and oxygen atoms in total. The number of anilines is 1. The van der Waals surface area contributed by atoms with Crippen LogP contribution in [0.3, 0.4) is 0 Å². The molecule has 1 amide bonds. The number of hydrogen-bond acceptors (Lipinski definition) is 2. The van der Waals surface area contributed by atoms with Gasteiger partial charge in [-0.05, 0) is 19.1 Å². The lowest BCUT2D eigenvalue weighted by atomic mass is 9.88. The molecular weight excluding hydrogens is 242 g/mol. The molecule has 0 saturated carbocycles. The van der Waals surface area contributed by atoms with Crippen molar-refractivity contribution in [3.63, 3.8) is 0 Å². The Labute approximate surface area is 103 Å². The summed E-state index contributed by atoms with van der Waals surface area (Å²) in [4.78, 5) is 25.8. The van der Waals surface area contributed by atoms with Crippen LogP contribution >= 0.6 is 0 Å². The number of hydrogen-bond donors (Lipinski definition) is 2. The first-order valence-electron chi connectivity index (χ1n) is 5.52. The number of amides is 1. The first-order valence-corrected chi connectivity index (χ1v) is 5.52. The summed E-state index contributed by atoms with van der Waals surface area (Å²) in [5, 5.41) is 2.37. The number of aryl methyl sites for hydroxylation is 1. The Morgan fingerprint density at radius 3 is 2.56 bits per heavy atom. The molecule has 0 atom stereocenters. The summed E-state index contributed by atoms with van der Waals surface area (Å²) in [7, 11) is 0. The van der Waals surface area contributed by atoms with Gasteiger partial charge in [-0.2, -0.15) is 0 Å². The Balaban J connectivity index is 2.84. The number of carbonyl (C=O) groups excluding carboxylic acids is 1. The predicted octanol–water partition coefficient (Wildman–Crippen LogP) is 2.30. The molecule has 2 N–H and O–H groups in total. The monoisotopic (exact) mass is 258 g/mol. The van der Waals surface area contributed by atoms with Gasteiger partial charge in [0.1, 0.15) is 5.69 Å². The van der Waals surface area contributed by atoms with E-state index in [1.807, 2.05) is 0 Å². The first-order chi connectivity index (χ1) is 8.22. The summed E-state index contributed by atoms with van der Waals surface area (Å²) < 4.78 is 24.6. The zero-order valence-corrected chi connectivity index (χ0v) is 10.5. The maximum atomic E-state index is 12.3. The van der Waals surface area contributed by atoms with Crippen molar-refractivity contribution in [2.24, 2.45) is 5.41 Å². The van der Waals surface area contributed by atoms with E-state index in [9.17, 15) is 18.4 Å². The molecule has 0 unspecified atom stereocenters. The Kier molecular flexibility index (Phi) is 4.21. The molecule has 0 aromatic carbocycles. The highest BCUT2D eigenvalue weighted by Crippen LogP contribution is 2.25. The Morgan fingerprint density at radius 2 is 2.06 bits per heavy atom. The van der Waals surface area contributed by atoms with Crippen molar-refractivity contribution in [2.75, 3.05) is 5.32 Å². The summed E-state index contributed by atoms with van der Waals surface area (Å²) in [6.07, 6.45) is -3.12. The zero-order valence-electron chi connectivity index (χ0n) is 10.5. The summed E-state index contributed by atoms with van der Waals surface area (Å²) in [5.74, 6) is -0.600. The van der Waals surface area contributed by atoms with Gasteiger partial charge in [0, 0.05) is 17.5 Å². The fourth-order valence-corrected chi connectivity index (χ4v) is 1.44. The van der Waals surface area contributed by atoms with Crippen molar-refractivity contribution < 1.29 is 13.6 Å². The molecule has 6 heteroatoms. The van der Waals surface area contributed by atoms with E-state index in [1.165, 1.54) is 19.9 Å². The molecular formula is C12H16F2N2O2. The number of aromatic amines is 1. The van der Waals surface area contributed by atoms with E-state index < -0.39 is 29.7 Å². The van der Waals surface area contributed by atoms with Crippen LogP contribution in [0.5, 0.6) is 0 Å². The molecule has 0 aliphatic carbocycles. The quantitative estimate of drug-likeness (QED) is 0.870. The van der Waals surface area contributed by atoms with Crippen molar-refractivity contribution in [3.05, 3.63) is 28.2 Å². The fourth-order valence-electron chi connectivity index (χ4n) is 1.44. The van der Waals surface area contributed by atoms with E-state index in [2.05, 4.69) is 10.3 Å². The number of nitrogens with one attached hydrogen (secondary N) is 2. The number of H-pyrrole nitrogens is 1. The van der Waals surface area contributed by atoms with Gasteiger partial charge >= 0.3 is 0 Å². The largest absolute Gasteiger partial charge is 0.325 e. The second-order valence-corrected chi connectivity index (χ2v) is 4.82. The van der Waals surface area contributed by atoms with Gasteiger partial charge in [-0.15, -0.1) is 0 Å². The van der Waals surface area contributed by atoms with Crippen LogP contribution in [0.15, 0.2) is 16.9 Å². The molecule has 1 rings (SSSR count). The molecule has 0 radical (unpaired) electrons. The smallest absolute Gasteiger partial charge is 0.271 e. The molecule has 0 bridgehead atoms. The van der Waals surface area contributed by atoms with Crippen LogP contribution in [0.1, 0.15) is 26.0 Å². The normalized spacial score (nSPS) is 11.7. The molecule has 100 valence electrons. The van der Waals surface area contributed by atoms with Crippen molar-refractivity contribution in [3.8, 4) is 0 Å². The average molecular weight is 258 g/mol. The third kappa shape index (κ3) is 3.65. The van der Waals surface area contributed by atoms with E-state index in [4.69, 9.17) is 0 Å². The maximum absolute atomic E-state index is 12.3. The molecule has 0 aliphatic heterocycles. The van der Waals surface area contributed by atoms with Crippen LogP contribution in [-0.4, -0.2) is 17.3 Å². The summed E-state index contributed by atoms with van der Waals surface area (Å²) in [5.41, 5.74) is -0.958. The van der Waals surface area contributed by atoms with Crippen LogP contribution < -0.4 is 10.9 Å². The van der Waals surface area contributed by atoms with Crippen molar-refractivity contribution >= 4 is 11.6 Å². The van der Waals surface area contributed by atoms with E-state index in [-0.39, 0.29) is 5.69 Å². The molecule has 0 fully saturated rings. The lowest BCUT2D eigenvalue weighted by molar-refractivity contribution is -0.126. The van der Waals surface area contributed by atoms with Crippen LogP contribution in [-0.2, 0) is 4.79 Å². The maximum Gasteiger partial charge on any atom is 0.271 e. The van der Waals surface area contributed by atoms with Gasteiger partial charge in [-0.3, -0.25) is 9.59 Å². The minimum absolute atomic E-state index is 0.0629. The second kappa shape index (κ2) is 5.29. The van der Waals surface area contributed by atoms with Gasteiger partial charge < -0.3 is 10.3 Å². The summed E-state index contributed by atoms with van der Waals surface area (Å²) in [6.45, 7) is 4.53. The van der Waals surface area contributed by atoms with Gasteiger partial charge in [0.25, 0.3) is 5.56 Å². The average Bonchev–Trinajstić information content (AvgIpc) is 2.20. The van der Waals surface area contributed by atoms with Crippen molar-refractivity contribution in [1.82, 2.24) is 4.98 Å². The highest BCUT2D eigenvalue weighted by atomic mass is 19.3. The Bertz CT molecular complexity index is 495. The summed E-state index contributed by atoms with van der Waals surface area (Å²) in [6, 6.07) is 3.07. The van der Waals surface area contributed by atoms with E-state index >= 15 is 0 Å². The molecule has 0 aliphatic rings. The van der Waals surface area contributed by atoms with Crippen molar-refractivity contribution in [2.45, 2.75) is 33.6 Å². The first kappa shape index (κ1) is 14.3. The van der Waals surface area contributed by atoms with Gasteiger partial charge in [0.05, 0.1) is 0 Å². The third-order valence-corrected chi connectivity index (χ3v) is 2.58. The van der Waals surface area contributed by atoms with Crippen LogP contribution in [0.25, 0.3) is 0 Å². The van der Waals surface area contributed by atoms with Crippen LogP contribution in [0.2, 0.25) is 0 Å². The minimum Gasteiger partial charge on any atom is -0.325 e. The lowest BCUT2D eigenvalue weighted by Gasteiger charge is -2.22. The fraction of sp³-hybridized carbons (Fsp3) is 0.500. The molecule has 0 saturated heterocycles. The predicted molar refractivity (Wildman–Crippen MR) is 64.8 cm³/mol. The molecule has 1 heterocycles. The number of aromatic nitrogens is 1. The highest BCUT2D eigenvalue weighted by Gasteiger charge is 2.31. The van der Waals surface area contributed by atoms with Gasteiger partial charge in [0.2, 0.25) is 12.3 Å². The topological polar surface area (TPSA) is 62.0 Å². The van der Waals surface area contributed by atoms with Gasteiger partial charge in [0.15, 0.2) is 0 Å². The number of pyridine rings is 1. The number of rotatable bonds is 4. The van der Waals surface area contributed by atoms with E-state index in [0.29, 0.717) is 5.69 Å². The zero-order chi connectivity index (χ0) is 13.9. The van der Waals surface area contributed by atoms with Crippen LogP contribution in [0.4, 0.5) is 14.5 Å². The van der Waals surface area contributed by atoms with E-state index in [0.717, 1.165) is 0 Å². The third-order valence-electron chi connectivity index (χ3n) is 2.58. The summed E-state index contributed by atoms with van der Waals surface area (Å²) >= 11 is 0. The van der Waals surface area contributed by atoms with Gasteiger partial charge in [-0.1, -0.05) is 13.8 Å². The molecule has 1 aromatic rings. The number of carbonyl (C=O) groups is 1. The van der Waals surface area contributed by atoms with Gasteiger partial charge in [-0.25, -0.2) is 8.78 Å². The molecule has 18 heavy (non-hydrogen) atoms. The Hall–Kier alpha value is -1.72. The van der Waals surface area contributed by atoms with E-state index in [1.54, 1.807) is 13.0 Å². The minimum atomic E-state index is -2.57. The second-order valence-electron chi connectivity index (χ2n) is 4.82. The SMILES string of the molecule is Cc1ccc(NC(=O)C(C)(C)CC(F)F)c(=O)[nH]1. The standard InChI is InChI=1S/C12H16F2N2O2/c1-7-4-5-8(10(17)15-7)16-11(18)12(2,3)6-9(13)14/h4-5,9H,6H2,1-3H3,(H,15,17)(H,16,18). The van der Waals surface area contributed by atoms with Crippen LogP contribution in [0, 0.1) is 12.3 Å². The lowest BCUT2D eigenvalue weighted by Crippen LogP contribution is -2.34. The number of halogens is 2. The number of alkyl halides is 2.